The number of ether oxygens (including phenoxy) is 1. The van der Waals surface area contributed by atoms with E-state index in [1.165, 1.54) is 17.6 Å². The minimum Gasteiger partial charge on any atom is -0.465 e. The number of sulfonamides is 1. The Labute approximate surface area is 155 Å². The van der Waals surface area contributed by atoms with Crippen molar-refractivity contribution in [2.24, 2.45) is 0 Å². The van der Waals surface area contributed by atoms with Crippen LogP contribution in [0.25, 0.3) is 0 Å². The Morgan fingerprint density at radius 3 is 2.42 bits per heavy atom. The maximum absolute atomic E-state index is 13.4. The fraction of sp³-hybridized carbons (Fsp3) is 0.294. The van der Waals surface area contributed by atoms with Crippen LogP contribution < -0.4 is 4.41 Å². The van der Waals surface area contributed by atoms with E-state index in [4.69, 9.17) is 4.74 Å². The second-order valence-electron chi connectivity index (χ2n) is 5.68. The minimum atomic E-state index is -4.06. The van der Waals surface area contributed by atoms with E-state index in [9.17, 15) is 18.0 Å². The SMILES string of the molecule is COC(=O)c1sccc1S(=O)(=O)N(c1ccccc1)N1CCC(=O)CC1. The molecule has 0 radical (unpaired) electrons. The summed E-state index contributed by atoms with van der Waals surface area (Å²) in [5.74, 6) is -0.585. The van der Waals surface area contributed by atoms with E-state index in [1.807, 2.05) is 0 Å². The molecule has 1 saturated heterocycles. The van der Waals surface area contributed by atoms with E-state index in [0.29, 0.717) is 18.8 Å². The average molecular weight is 394 g/mol. The molecule has 0 saturated carbocycles. The Morgan fingerprint density at radius 2 is 1.81 bits per heavy atom. The van der Waals surface area contributed by atoms with Crippen LogP contribution in [-0.4, -0.2) is 45.4 Å². The van der Waals surface area contributed by atoms with Crippen molar-refractivity contribution < 1.29 is 22.7 Å². The summed E-state index contributed by atoms with van der Waals surface area (Å²) in [5.41, 5.74) is 0.448. The fourth-order valence-corrected chi connectivity index (χ4v) is 5.63. The summed E-state index contributed by atoms with van der Waals surface area (Å²) in [5, 5.41) is 3.17. The van der Waals surface area contributed by atoms with Crippen molar-refractivity contribution in [2.45, 2.75) is 17.7 Å². The van der Waals surface area contributed by atoms with Crippen molar-refractivity contribution in [3.8, 4) is 0 Å². The number of thiophene rings is 1. The number of ketones is 1. The fourth-order valence-electron chi connectivity index (χ4n) is 2.77. The summed E-state index contributed by atoms with van der Waals surface area (Å²) in [6.07, 6.45) is 0.568. The molecule has 138 valence electrons. The monoisotopic (exact) mass is 394 g/mol. The first-order valence-corrected chi connectivity index (χ1v) is 10.3. The van der Waals surface area contributed by atoms with E-state index in [-0.39, 0.29) is 28.4 Å². The van der Waals surface area contributed by atoms with Gasteiger partial charge in [0.25, 0.3) is 10.0 Å². The number of anilines is 1. The quantitative estimate of drug-likeness (QED) is 0.724. The van der Waals surface area contributed by atoms with Crippen LogP contribution >= 0.6 is 11.3 Å². The summed E-state index contributed by atoms with van der Waals surface area (Å²) in [4.78, 5) is 23.5. The van der Waals surface area contributed by atoms with Gasteiger partial charge in [0.2, 0.25) is 0 Å². The number of carbonyl (C=O) groups is 2. The molecular weight excluding hydrogens is 376 g/mol. The van der Waals surface area contributed by atoms with Crippen LogP contribution in [0.4, 0.5) is 5.69 Å². The van der Waals surface area contributed by atoms with E-state index >= 15 is 0 Å². The lowest BCUT2D eigenvalue weighted by Crippen LogP contribution is -2.50. The van der Waals surface area contributed by atoms with Gasteiger partial charge in [-0.15, -0.1) is 11.3 Å². The van der Waals surface area contributed by atoms with Crippen LogP contribution in [0.3, 0.4) is 0 Å². The molecule has 1 aromatic heterocycles. The van der Waals surface area contributed by atoms with E-state index in [1.54, 1.807) is 40.7 Å². The first kappa shape index (κ1) is 18.6. The first-order valence-electron chi connectivity index (χ1n) is 7.98. The molecule has 3 rings (SSSR count). The van der Waals surface area contributed by atoms with Crippen LogP contribution in [-0.2, 0) is 19.6 Å². The van der Waals surface area contributed by atoms with Crippen molar-refractivity contribution >= 4 is 38.8 Å². The van der Waals surface area contributed by atoms with Crippen molar-refractivity contribution in [1.82, 2.24) is 5.01 Å². The third-order valence-electron chi connectivity index (χ3n) is 4.04. The third kappa shape index (κ3) is 3.50. The largest absolute Gasteiger partial charge is 0.465 e. The summed E-state index contributed by atoms with van der Waals surface area (Å²) in [6, 6.07) is 10.0. The highest BCUT2D eigenvalue weighted by atomic mass is 32.2. The molecular formula is C17H18N2O5S2. The van der Waals surface area contributed by atoms with Crippen molar-refractivity contribution in [3.05, 3.63) is 46.7 Å². The highest BCUT2D eigenvalue weighted by Gasteiger charge is 2.36. The predicted molar refractivity (Wildman–Crippen MR) is 97.6 cm³/mol. The van der Waals surface area contributed by atoms with Gasteiger partial charge in [0.15, 0.2) is 0 Å². The summed E-state index contributed by atoms with van der Waals surface area (Å²) in [7, 11) is -2.84. The van der Waals surface area contributed by atoms with Gasteiger partial charge < -0.3 is 4.74 Å². The molecule has 1 aliphatic heterocycles. The van der Waals surface area contributed by atoms with E-state index in [2.05, 4.69) is 0 Å². The van der Waals surface area contributed by atoms with Gasteiger partial charge in [0.05, 0.1) is 12.8 Å². The number of esters is 1. The van der Waals surface area contributed by atoms with Gasteiger partial charge in [-0.25, -0.2) is 9.80 Å². The molecule has 0 spiro atoms. The zero-order valence-corrected chi connectivity index (χ0v) is 15.8. The first-order chi connectivity index (χ1) is 12.4. The lowest BCUT2D eigenvalue weighted by Gasteiger charge is -2.37. The molecule has 0 unspecified atom stereocenters. The number of benzene rings is 1. The highest BCUT2D eigenvalue weighted by molar-refractivity contribution is 7.93. The summed E-state index contributed by atoms with van der Waals surface area (Å²) >= 11 is 1.02. The average Bonchev–Trinajstić information content (AvgIpc) is 3.14. The molecule has 9 heteroatoms. The number of hydrogen-bond acceptors (Lipinski definition) is 7. The Hall–Kier alpha value is -2.23. The van der Waals surface area contributed by atoms with Crippen LogP contribution in [0.15, 0.2) is 46.7 Å². The highest BCUT2D eigenvalue weighted by Crippen LogP contribution is 2.31. The number of carbonyl (C=O) groups excluding carboxylic acids is 2. The molecule has 26 heavy (non-hydrogen) atoms. The molecule has 2 heterocycles. The van der Waals surface area contributed by atoms with Gasteiger partial charge in [0, 0.05) is 25.9 Å². The number of hydrazine groups is 1. The lowest BCUT2D eigenvalue weighted by atomic mass is 10.1. The molecule has 0 aliphatic carbocycles. The second-order valence-corrected chi connectivity index (χ2v) is 8.33. The predicted octanol–water partition coefficient (Wildman–Crippen LogP) is 2.31. The number of methoxy groups -OCH3 is 1. The maximum Gasteiger partial charge on any atom is 0.349 e. The lowest BCUT2D eigenvalue weighted by molar-refractivity contribution is -0.121. The Kier molecular flexibility index (Phi) is 5.40. The standard InChI is InChI=1S/C17H18N2O5S2/c1-24-17(21)16-15(9-12-25-16)26(22,23)19(13-5-3-2-4-6-13)18-10-7-14(20)8-11-18/h2-6,9,12H,7-8,10-11H2,1H3. The zero-order valence-electron chi connectivity index (χ0n) is 14.1. The molecule has 1 aromatic carbocycles. The molecule has 1 aliphatic rings. The summed E-state index contributed by atoms with van der Waals surface area (Å²) in [6.45, 7) is 0.593. The van der Waals surface area contributed by atoms with Crippen molar-refractivity contribution in [2.75, 3.05) is 24.6 Å². The zero-order chi connectivity index (χ0) is 18.7. The Balaban J connectivity index is 2.08. The number of rotatable bonds is 5. The van der Waals surface area contributed by atoms with Crippen molar-refractivity contribution in [3.63, 3.8) is 0 Å². The number of piperidine rings is 1. The Bertz CT molecular complexity index is 898. The van der Waals surface area contributed by atoms with Gasteiger partial charge in [-0.05, 0) is 23.6 Å². The van der Waals surface area contributed by atoms with Crippen LogP contribution in [0.1, 0.15) is 22.5 Å². The smallest absolute Gasteiger partial charge is 0.349 e. The van der Waals surface area contributed by atoms with Gasteiger partial charge >= 0.3 is 5.97 Å². The topological polar surface area (TPSA) is 84.0 Å². The van der Waals surface area contributed by atoms with E-state index < -0.39 is 16.0 Å². The van der Waals surface area contributed by atoms with Gasteiger partial charge in [-0.2, -0.15) is 12.8 Å². The third-order valence-corrected chi connectivity index (χ3v) is 6.85. The van der Waals surface area contributed by atoms with E-state index in [0.717, 1.165) is 11.3 Å². The number of nitrogens with zero attached hydrogens (tertiary/aromatic N) is 2. The van der Waals surface area contributed by atoms with Crippen molar-refractivity contribution in [1.29, 1.82) is 0 Å². The van der Waals surface area contributed by atoms with Gasteiger partial charge in [-0.3, -0.25) is 4.79 Å². The van der Waals surface area contributed by atoms with Crippen LogP contribution in [0, 0.1) is 0 Å². The molecule has 0 atom stereocenters. The Morgan fingerprint density at radius 1 is 1.15 bits per heavy atom. The number of hydrogen-bond donors (Lipinski definition) is 0. The van der Waals surface area contributed by atoms with Gasteiger partial charge in [0.1, 0.15) is 15.6 Å². The normalized spacial score (nSPS) is 15.7. The molecule has 0 amide bonds. The second kappa shape index (κ2) is 7.56. The molecule has 0 bridgehead atoms. The van der Waals surface area contributed by atoms with Crippen LogP contribution in [0.5, 0.6) is 0 Å². The minimum absolute atomic E-state index is 0.0292. The van der Waals surface area contributed by atoms with Crippen LogP contribution in [0.2, 0.25) is 0 Å². The summed E-state index contributed by atoms with van der Waals surface area (Å²) < 4.78 is 32.7. The maximum atomic E-state index is 13.4. The molecule has 2 aromatic rings. The molecule has 7 nitrogen and oxygen atoms in total. The molecule has 0 N–H and O–H groups in total. The molecule has 1 fully saturated rings. The number of para-hydroxylation sites is 1. The van der Waals surface area contributed by atoms with Gasteiger partial charge in [-0.1, -0.05) is 18.2 Å². The number of Topliss-reactive ketones (excluding diaryl/α,β-unsaturated/α-hetero) is 1.